The van der Waals surface area contributed by atoms with Crippen molar-refractivity contribution in [2.24, 2.45) is 5.92 Å². The van der Waals surface area contributed by atoms with Crippen LogP contribution in [-0.2, 0) is 0 Å². The van der Waals surface area contributed by atoms with Crippen molar-refractivity contribution < 1.29 is 0 Å². The maximum Gasteiger partial charge on any atom is 0.166 e. The Morgan fingerprint density at radius 3 is 2.43 bits per heavy atom. The summed E-state index contributed by atoms with van der Waals surface area (Å²) in [4.78, 5) is 0. The predicted octanol–water partition coefficient (Wildman–Crippen LogP) is 2.19. The van der Waals surface area contributed by atoms with Crippen molar-refractivity contribution in [2.45, 2.75) is 57.5 Å². The molecule has 2 rings (SSSR count). The first-order valence-electron chi connectivity index (χ1n) is 5.83. The largest absolute Gasteiger partial charge is 0.360 e. The molecule has 0 radical (unpaired) electrons. The van der Waals surface area contributed by atoms with Gasteiger partial charge in [0.25, 0.3) is 0 Å². The number of hydrogen-bond acceptors (Lipinski definition) is 1. The molecule has 0 aromatic carbocycles. The summed E-state index contributed by atoms with van der Waals surface area (Å²) in [5.74, 6) is 0.873. The molecule has 0 spiro atoms. The summed E-state index contributed by atoms with van der Waals surface area (Å²) in [6.07, 6.45) is 8.05. The molecule has 2 nitrogen and oxygen atoms in total. The SMILES string of the molecule is CC(NC(=S)NC1CCCC1)C1CC1. The second kappa shape index (κ2) is 4.47. The van der Waals surface area contributed by atoms with Crippen LogP contribution >= 0.6 is 12.2 Å². The second-order valence-corrected chi connectivity index (χ2v) is 5.13. The molecule has 3 heteroatoms. The van der Waals surface area contributed by atoms with Gasteiger partial charge in [-0.1, -0.05) is 12.8 Å². The molecule has 0 aliphatic heterocycles. The fourth-order valence-electron chi connectivity index (χ4n) is 2.22. The lowest BCUT2D eigenvalue weighted by Crippen LogP contribution is -2.45. The zero-order valence-corrected chi connectivity index (χ0v) is 9.70. The van der Waals surface area contributed by atoms with E-state index < -0.39 is 0 Å². The van der Waals surface area contributed by atoms with E-state index in [2.05, 4.69) is 17.6 Å². The minimum Gasteiger partial charge on any atom is -0.360 e. The van der Waals surface area contributed by atoms with E-state index in [1.54, 1.807) is 0 Å². The van der Waals surface area contributed by atoms with Crippen LogP contribution in [0.5, 0.6) is 0 Å². The topological polar surface area (TPSA) is 24.1 Å². The second-order valence-electron chi connectivity index (χ2n) is 4.73. The molecule has 2 aliphatic rings. The van der Waals surface area contributed by atoms with Gasteiger partial charge in [0, 0.05) is 12.1 Å². The van der Waals surface area contributed by atoms with Crippen LogP contribution in [0.15, 0.2) is 0 Å². The summed E-state index contributed by atoms with van der Waals surface area (Å²) in [5, 5.41) is 7.67. The van der Waals surface area contributed by atoms with Gasteiger partial charge in [0.1, 0.15) is 0 Å². The Morgan fingerprint density at radius 2 is 1.86 bits per heavy atom. The molecule has 2 fully saturated rings. The molecular formula is C11H20N2S. The monoisotopic (exact) mass is 212 g/mol. The van der Waals surface area contributed by atoms with E-state index in [-0.39, 0.29) is 0 Å². The Hall–Kier alpha value is -0.310. The molecule has 2 aliphatic carbocycles. The zero-order valence-electron chi connectivity index (χ0n) is 8.88. The van der Waals surface area contributed by atoms with Crippen LogP contribution in [0, 0.1) is 5.92 Å². The van der Waals surface area contributed by atoms with Gasteiger partial charge < -0.3 is 10.6 Å². The summed E-state index contributed by atoms with van der Waals surface area (Å²) in [6.45, 7) is 2.24. The Kier molecular flexibility index (Phi) is 3.26. The third kappa shape index (κ3) is 2.84. The Labute approximate surface area is 91.8 Å². The van der Waals surface area contributed by atoms with Gasteiger partial charge in [-0.2, -0.15) is 0 Å². The molecule has 2 N–H and O–H groups in total. The molecule has 1 unspecified atom stereocenters. The van der Waals surface area contributed by atoms with Crippen molar-refractivity contribution in [3.63, 3.8) is 0 Å². The van der Waals surface area contributed by atoms with Crippen LogP contribution < -0.4 is 10.6 Å². The van der Waals surface area contributed by atoms with Gasteiger partial charge in [-0.3, -0.25) is 0 Å². The molecule has 0 aromatic rings. The van der Waals surface area contributed by atoms with E-state index in [1.165, 1.54) is 38.5 Å². The summed E-state index contributed by atoms with van der Waals surface area (Å²) in [5.41, 5.74) is 0. The maximum atomic E-state index is 5.29. The van der Waals surface area contributed by atoms with E-state index in [0.717, 1.165) is 11.0 Å². The molecular weight excluding hydrogens is 192 g/mol. The highest BCUT2D eigenvalue weighted by molar-refractivity contribution is 7.80. The fraction of sp³-hybridized carbons (Fsp3) is 0.909. The minimum atomic E-state index is 0.566. The Balaban J connectivity index is 1.66. The molecule has 14 heavy (non-hydrogen) atoms. The number of hydrogen-bond donors (Lipinski definition) is 2. The summed E-state index contributed by atoms with van der Waals surface area (Å²) < 4.78 is 0. The lowest BCUT2D eigenvalue weighted by Gasteiger charge is -2.19. The summed E-state index contributed by atoms with van der Waals surface area (Å²) in [6, 6.07) is 1.21. The van der Waals surface area contributed by atoms with Crippen LogP contribution in [-0.4, -0.2) is 17.2 Å². The van der Waals surface area contributed by atoms with Crippen molar-refractivity contribution in [2.75, 3.05) is 0 Å². The van der Waals surface area contributed by atoms with Gasteiger partial charge in [-0.25, -0.2) is 0 Å². The van der Waals surface area contributed by atoms with E-state index in [1.807, 2.05) is 0 Å². The highest BCUT2D eigenvalue weighted by Crippen LogP contribution is 2.32. The van der Waals surface area contributed by atoms with Crippen LogP contribution in [0.25, 0.3) is 0 Å². The van der Waals surface area contributed by atoms with E-state index >= 15 is 0 Å². The van der Waals surface area contributed by atoms with Gasteiger partial charge in [0.15, 0.2) is 5.11 Å². The number of rotatable bonds is 3. The van der Waals surface area contributed by atoms with Crippen LogP contribution in [0.3, 0.4) is 0 Å². The quantitative estimate of drug-likeness (QED) is 0.701. The predicted molar refractivity (Wildman–Crippen MR) is 63.3 cm³/mol. The van der Waals surface area contributed by atoms with Crippen molar-refractivity contribution in [3.8, 4) is 0 Å². The molecule has 0 saturated heterocycles. The van der Waals surface area contributed by atoms with E-state index in [0.29, 0.717) is 12.1 Å². The highest BCUT2D eigenvalue weighted by atomic mass is 32.1. The average molecular weight is 212 g/mol. The average Bonchev–Trinajstić information content (AvgIpc) is 2.87. The van der Waals surface area contributed by atoms with Gasteiger partial charge in [-0.05, 0) is 50.7 Å². The lowest BCUT2D eigenvalue weighted by atomic mass is 10.2. The summed E-state index contributed by atoms with van der Waals surface area (Å²) in [7, 11) is 0. The summed E-state index contributed by atoms with van der Waals surface area (Å²) >= 11 is 5.29. The van der Waals surface area contributed by atoms with Gasteiger partial charge >= 0.3 is 0 Å². The number of thiocarbonyl (C=S) groups is 1. The fourth-order valence-corrected chi connectivity index (χ4v) is 2.57. The van der Waals surface area contributed by atoms with Gasteiger partial charge in [0.05, 0.1) is 0 Å². The highest BCUT2D eigenvalue weighted by Gasteiger charge is 2.28. The standard InChI is InChI=1S/C11H20N2S/c1-8(9-6-7-9)12-11(14)13-10-4-2-3-5-10/h8-10H,2-7H2,1H3,(H2,12,13,14). The normalized spacial score (nSPS) is 24.6. The van der Waals surface area contributed by atoms with Crippen LogP contribution in [0.2, 0.25) is 0 Å². The zero-order chi connectivity index (χ0) is 9.97. The van der Waals surface area contributed by atoms with Crippen molar-refractivity contribution >= 4 is 17.3 Å². The first kappa shape index (κ1) is 10.2. The Morgan fingerprint density at radius 1 is 1.21 bits per heavy atom. The molecule has 0 aromatic heterocycles. The van der Waals surface area contributed by atoms with Crippen LogP contribution in [0.1, 0.15) is 45.4 Å². The molecule has 1 atom stereocenters. The van der Waals surface area contributed by atoms with Crippen molar-refractivity contribution in [3.05, 3.63) is 0 Å². The molecule has 0 amide bonds. The van der Waals surface area contributed by atoms with E-state index in [9.17, 15) is 0 Å². The Bertz CT molecular complexity index is 201. The van der Waals surface area contributed by atoms with Crippen molar-refractivity contribution in [1.82, 2.24) is 10.6 Å². The first-order chi connectivity index (χ1) is 6.75. The van der Waals surface area contributed by atoms with Crippen molar-refractivity contribution in [1.29, 1.82) is 0 Å². The molecule has 0 bridgehead atoms. The molecule has 80 valence electrons. The smallest absolute Gasteiger partial charge is 0.166 e. The maximum absolute atomic E-state index is 5.29. The number of nitrogens with one attached hydrogen (secondary N) is 2. The van der Waals surface area contributed by atoms with Gasteiger partial charge in [0.2, 0.25) is 0 Å². The lowest BCUT2D eigenvalue weighted by molar-refractivity contribution is 0.559. The van der Waals surface area contributed by atoms with Gasteiger partial charge in [-0.15, -0.1) is 0 Å². The minimum absolute atomic E-state index is 0.566. The van der Waals surface area contributed by atoms with E-state index in [4.69, 9.17) is 12.2 Å². The third-order valence-electron chi connectivity index (χ3n) is 3.38. The first-order valence-corrected chi connectivity index (χ1v) is 6.23. The molecule has 2 saturated carbocycles. The van der Waals surface area contributed by atoms with Crippen LogP contribution in [0.4, 0.5) is 0 Å². The third-order valence-corrected chi connectivity index (χ3v) is 3.61. The molecule has 0 heterocycles.